The third kappa shape index (κ3) is 2.95. The normalized spacial score (nSPS) is 29.0. The molecule has 116 valence electrons. The fourth-order valence-corrected chi connectivity index (χ4v) is 3.81. The van der Waals surface area contributed by atoms with Gasteiger partial charge in [0.2, 0.25) is 0 Å². The molecule has 2 N–H and O–H groups in total. The lowest BCUT2D eigenvalue weighted by Gasteiger charge is -2.44. The Balaban J connectivity index is 1.70. The van der Waals surface area contributed by atoms with Crippen LogP contribution in [0.4, 0.5) is 0 Å². The maximum atomic E-state index is 6.53. The van der Waals surface area contributed by atoms with Crippen LogP contribution in [-0.4, -0.2) is 30.6 Å². The Morgan fingerprint density at radius 1 is 1.19 bits per heavy atom. The van der Waals surface area contributed by atoms with Gasteiger partial charge in [-0.1, -0.05) is 32.0 Å². The molecule has 2 atom stereocenters. The lowest BCUT2D eigenvalue weighted by Crippen LogP contribution is -2.52. The molecule has 0 radical (unpaired) electrons. The van der Waals surface area contributed by atoms with E-state index in [1.165, 1.54) is 25.7 Å². The van der Waals surface area contributed by atoms with Crippen molar-refractivity contribution >= 4 is 0 Å². The third-order valence-corrected chi connectivity index (χ3v) is 5.51. The van der Waals surface area contributed by atoms with Crippen LogP contribution in [-0.2, 0) is 0 Å². The van der Waals surface area contributed by atoms with E-state index in [1.807, 2.05) is 18.2 Å². The van der Waals surface area contributed by atoms with Crippen LogP contribution in [0.2, 0.25) is 0 Å². The number of rotatable bonds is 2. The summed E-state index contributed by atoms with van der Waals surface area (Å²) in [5.41, 5.74) is 8.19. The monoisotopic (exact) mass is 288 g/mol. The first-order valence-corrected chi connectivity index (χ1v) is 8.17. The smallest absolute Gasteiger partial charge is 0.124 e. The number of para-hydroxylation sites is 1. The molecule has 3 nitrogen and oxygen atoms in total. The summed E-state index contributed by atoms with van der Waals surface area (Å²) in [6, 6.07) is 9.16. The molecule has 3 rings (SSSR count). The second kappa shape index (κ2) is 5.62. The average Bonchev–Trinajstić information content (AvgIpc) is 2.47. The first-order valence-electron chi connectivity index (χ1n) is 8.17. The number of likely N-dealkylation sites (N-methyl/N-ethyl adjacent to an activating group) is 1. The standard InChI is InChI=1S/C18H28N2O/c1-18(2)10-8-13(9-11-18)20(3)15-12-21-16-7-5-4-6-14(16)17(15)19/h4-7,13,15,17H,8-12,19H2,1-3H3. The maximum absolute atomic E-state index is 6.53. The summed E-state index contributed by atoms with van der Waals surface area (Å²) in [7, 11) is 2.23. The summed E-state index contributed by atoms with van der Waals surface area (Å²) in [6.07, 6.45) is 5.16. The van der Waals surface area contributed by atoms with Gasteiger partial charge in [-0.15, -0.1) is 0 Å². The number of hydrogen-bond acceptors (Lipinski definition) is 3. The molecule has 21 heavy (non-hydrogen) atoms. The summed E-state index contributed by atoms with van der Waals surface area (Å²) in [4.78, 5) is 2.48. The van der Waals surface area contributed by atoms with E-state index in [-0.39, 0.29) is 12.1 Å². The molecular formula is C18H28N2O. The molecule has 1 aliphatic carbocycles. The largest absolute Gasteiger partial charge is 0.492 e. The van der Waals surface area contributed by atoms with Gasteiger partial charge in [0.25, 0.3) is 0 Å². The maximum Gasteiger partial charge on any atom is 0.124 e. The van der Waals surface area contributed by atoms with Crippen molar-refractivity contribution in [3.05, 3.63) is 29.8 Å². The Kier molecular flexibility index (Phi) is 3.98. The Labute approximate surface area is 128 Å². The fourth-order valence-electron chi connectivity index (χ4n) is 3.81. The van der Waals surface area contributed by atoms with Gasteiger partial charge in [0.05, 0.1) is 12.1 Å². The van der Waals surface area contributed by atoms with Crippen LogP contribution >= 0.6 is 0 Å². The van der Waals surface area contributed by atoms with Gasteiger partial charge in [0.15, 0.2) is 0 Å². The number of benzene rings is 1. The van der Waals surface area contributed by atoms with E-state index < -0.39 is 0 Å². The second-order valence-electron chi connectivity index (χ2n) is 7.50. The molecule has 1 aromatic rings. The quantitative estimate of drug-likeness (QED) is 0.907. The number of hydrogen-bond donors (Lipinski definition) is 1. The minimum atomic E-state index is 0.0508. The zero-order valence-electron chi connectivity index (χ0n) is 13.5. The lowest BCUT2D eigenvalue weighted by molar-refractivity contribution is 0.0496. The van der Waals surface area contributed by atoms with Gasteiger partial charge in [-0.3, -0.25) is 4.90 Å². The Hall–Kier alpha value is -1.06. The van der Waals surface area contributed by atoms with E-state index in [2.05, 4.69) is 31.9 Å². The molecule has 2 aliphatic rings. The van der Waals surface area contributed by atoms with Crippen molar-refractivity contribution in [2.24, 2.45) is 11.1 Å². The van der Waals surface area contributed by atoms with Crippen molar-refractivity contribution in [1.29, 1.82) is 0 Å². The van der Waals surface area contributed by atoms with Crippen molar-refractivity contribution in [2.45, 2.75) is 57.7 Å². The van der Waals surface area contributed by atoms with Crippen LogP contribution in [0.15, 0.2) is 24.3 Å². The molecule has 0 aromatic heterocycles. The van der Waals surface area contributed by atoms with Crippen LogP contribution in [0.25, 0.3) is 0 Å². The zero-order valence-corrected chi connectivity index (χ0v) is 13.5. The van der Waals surface area contributed by atoms with Crippen LogP contribution in [0.5, 0.6) is 5.75 Å². The molecule has 0 amide bonds. The van der Waals surface area contributed by atoms with Crippen molar-refractivity contribution in [3.63, 3.8) is 0 Å². The van der Waals surface area contributed by atoms with E-state index in [9.17, 15) is 0 Å². The Bertz CT molecular complexity index is 490. The molecule has 0 bridgehead atoms. The number of fused-ring (bicyclic) bond motifs is 1. The highest BCUT2D eigenvalue weighted by Crippen LogP contribution is 2.39. The molecule has 1 heterocycles. The molecule has 3 heteroatoms. The van der Waals surface area contributed by atoms with Crippen molar-refractivity contribution < 1.29 is 4.74 Å². The Morgan fingerprint density at radius 2 is 1.86 bits per heavy atom. The minimum absolute atomic E-state index is 0.0508. The van der Waals surface area contributed by atoms with Crippen LogP contribution in [0, 0.1) is 5.41 Å². The molecule has 1 aromatic carbocycles. The fraction of sp³-hybridized carbons (Fsp3) is 0.667. The number of nitrogens with zero attached hydrogens (tertiary/aromatic N) is 1. The van der Waals surface area contributed by atoms with E-state index in [1.54, 1.807) is 0 Å². The zero-order chi connectivity index (χ0) is 15.0. The number of nitrogens with two attached hydrogens (primary N) is 1. The average molecular weight is 288 g/mol. The lowest BCUT2D eigenvalue weighted by atomic mass is 9.75. The third-order valence-electron chi connectivity index (χ3n) is 5.51. The Morgan fingerprint density at radius 3 is 2.57 bits per heavy atom. The molecular weight excluding hydrogens is 260 g/mol. The van der Waals surface area contributed by atoms with Gasteiger partial charge in [-0.05, 0) is 44.2 Å². The molecule has 1 fully saturated rings. The molecule has 1 saturated carbocycles. The van der Waals surface area contributed by atoms with Gasteiger partial charge in [0.1, 0.15) is 12.4 Å². The van der Waals surface area contributed by atoms with Crippen molar-refractivity contribution in [1.82, 2.24) is 4.90 Å². The molecule has 1 aliphatic heterocycles. The van der Waals surface area contributed by atoms with Crippen LogP contribution < -0.4 is 10.5 Å². The van der Waals surface area contributed by atoms with Gasteiger partial charge in [-0.25, -0.2) is 0 Å². The highest BCUT2D eigenvalue weighted by molar-refractivity contribution is 5.38. The van der Waals surface area contributed by atoms with Gasteiger partial charge < -0.3 is 10.5 Å². The van der Waals surface area contributed by atoms with E-state index in [0.29, 0.717) is 18.1 Å². The van der Waals surface area contributed by atoms with Crippen molar-refractivity contribution in [3.8, 4) is 5.75 Å². The van der Waals surface area contributed by atoms with Crippen molar-refractivity contribution in [2.75, 3.05) is 13.7 Å². The van der Waals surface area contributed by atoms with Gasteiger partial charge in [0, 0.05) is 11.6 Å². The minimum Gasteiger partial charge on any atom is -0.492 e. The summed E-state index contributed by atoms with van der Waals surface area (Å²) in [6.45, 7) is 5.47. The van der Waals surface area contributed by atoms with E-state index in [4.69, 9.17) is 10.5 Å². The summed E-state index contributed by atoms with van der Waals surface area (Å²) in [5, 5.41) is 0. The summed E-state index contributed by atoms with van der Waals surface area (Å²) < 4.78 is 5.94. The highest BCUT2D eigenvalue weighted by Gasteiger charge is 2.36. The van der Waals surface area contributed by atoms with E-state index in [0.717, 1.165) is 11.3 Å². The first-order chi connectivity index (χ1) is 9.98. The van der Waals surface area contributed by atoms with Crippen LogP contribution in [0.3, 0.4) is 0 Å². The molecule has 0 saturated heterocycles. The highest BCUT2D eigenvalue weighted by atomic mass is 16.5. The van der Waals surface area contributed by atoms with Gasteiger partial charge >= 0.3 is 0 Å². The molecule has 2 unspecified atom stereocenters. The predicted molar refractivity (Wildman–Crippen MR) is 86.5 cm³/mol. The van der Waals surface area contributed by atoms with E-state index >= 15 is 0 Å². The molecule has 0 spiro atoms. The summed E-state index contributed by atoms with van der Waals surface area (Å²) >= 11 is 0. The number of ether oxygens (including phenoxy) is 1. The van der Waals surface area contributed by atoms with Crippen LogP contribution in [0.1, 0.15) is 51.1 Å². The predicted octanol–water partition coefficient (Wildman–Crippen LogP) is 3.35. The summed E-state index contributed by atoms with van der Waals surface area (Å²) in [5.74, 6) is 0.958. The topological polar surface area (TPSA) is 38.5 Å². The second-order valence-corrected chi connectivity index (χ2v) is 7.50. The SMILES string of the molecule is CN(C1CCC(C)(C)CC1)C1COc2ccccc2C1N. The van der Waals surface area contributed by atoms with Gasteiger partial charge in [-0.2, -0.15) is 0 Å². The first kappa shape index (κ1) is 14.9.